The first-order chi connectivity index (χ1) is 9.91. The Bertz CT molecular complexity index is 539. The number of rotatable bonds is 5. The highest BCUT2D eigenvalue weighted by Gasteiger charge is 2.45. The van der Waals surface area contributed by atoms with Gasteiger partial charge < -0.3 is 15.7 Å². The van der Waals surface area contributed by atoms with Gasteiger partial charge in [0.05, 0.1) is 0 Å². The van der Waals surface area contributed by atoms with Gasteiger partial charge in [0.15, 0.2) is 0 Å². The smallest absolute Gasteiger partial charge is 0.329 e. The number of carbonyl (C=O) groups excluding carboxylic acids is 1. The summed E-state index contributed by atoms with van der Waals surface area (Å²) in [7, 11) is 0. The average molecular weight is 298 g/mol. The Balaban J connectivity index is 1.80. The molecule has 2 amide bonds. The third-order valence-electron chi connectivity index (χ3n) is 3.59. The molecular weight excluding hydrogens is 282 g/mol. The minimum atomic E-state index is -1.17. The van der Waals surface area contributed by atoms with Crippen LogP contribution in [0.5, 0.6) is 0 Å². The zero-order valence-electron chi connectivity index (χ0n) is 11.3. The summed E-state index contributed by atoms with van der Waals surface area (Å²) in [5, 5.41) is 14.0. The van der Waals surface area contributed by atoms with Gasteiger partial charge in [-0.15, -0.1) is 0 Å². The number of nitrogens with one attached hydrogen (secondary N) is 2. The first-order valence-corrected chi connectivity index (χ1v) is 6.66. The van der Waals surface area contributed by atoms with Crippen LogP contribution in [0.2, 0.25) is 0 Å². The quantitative estimate of drug-likeness (QED) is 0.776. The molecule has 1 saturated carbocycles. The summed E-state index contributed by atoms with van der Waals surface area (Å²) in [6.07, 6.45) is 1.83. The molecule has 0 aromatic heterocycles. The van der Waals surface area contributed by atoms with Crippen molar-refractivity contribution in [2.45, 2.75) is 31.2 Å². The molecule has 114 valence electrons. The van der Waals surface area contributed by atoms with Crippen molar-refractivity contribution in [3.05, 3.63) is 35.4 Å². The standard InChI is InChI=1S/C14H16F2N2O3/c15-10-6-9(7-11(16)8-10)2-5-17-13(21)18-14(12(19)20)3-1-4-14/h6-8H,1-5H2,(H,19,20)(H2,17,18,21). The molecule has 7 heteroatoms. The zero-order chi connectivity index (χ0) is 15.5. The lowest BCUT2D eigenvalue weighted by atomic mass is 9.77. The van der Waals surface area contributed by atoms with Crippen LogP contribution in [0.1, 0.15) is 24.8 Å². The fraction of sp³-hybridized carbons (Fsp3) is 0.429. The molecule has 1 aliphatic carbocycles. The molecule has 3 N–H and O–H groups in total. The summed E-state index contributed by atoms with van der Waals surface area (Å²) in [6.45, 7) is 0.157. The molecule has 1 aromatic rings. The van der Waals surface area contributed by atoms with Gasteiger partial charge in [0, 0.05) is 12.6 Å². The molecule has 0 radical (unpaired) electrons. The Morgan fingerprint density at radius 2 is 1.81 bits per heavy atom. The van der Waals surface area contributed by atoms with Gasteiger partial charge in [-0.3, -0.25) is 0 Å². The Kier molecular flexibility index (Phi) is 4.40. The molecular formula is C14H16F2N2O3. The van der Waals surface area contributed by atoms with Crippen LogP contribution in [0, 0.1) is 11.6 Å². The van der Waals surface area contributed by atoms with E-state index >= 15 is 0 Å². The third kappa shape index (κ3) is 3.68. The number of halogens is 2. The number of hydrogen-bond donors (Lipinski definition) is 3. The molecule has 1 aromatic carbocycles. The highest BCUT2D eigenvalue weighted by Crippen LogP contribution is 2.31. The maximum Gasteiger partial charge on any atom is 0.329 e. The van der Waals surface area contributed by atoms with Gasteiger partial charge in [0.1, 0.15) is 17.2 Å². The summed E-state index contributed by atoms with van der Waals surface area (Å²) < 4.78 is 25.9. The van der Waals surface area contributed by atoms with E-state index in [0.717, 1.165) is 12.5 Å². The van der Waals surface area contributed by atoms with Gasteiger partial charge >= 0.3 is 12.0 Å². The van der Waals surface area contributed by atoms with E-state index in [1.165, 1.54) is 12.1 Å². The van der Waals surface area contributed by atoms with Gasteiger partial charge in [-0.05, 0) is 43.4 Å². The van der Waals surface area contributed by atoms with E-state index < -0.39 is 29.2 Å². The summed E-state index contributed by atoms with van der Waals surface area (Å²) in [6, 6.07) is 2.56. The second kappa shape index (κ2) is 6.07. The van der Waals surface area contributed by atoms with Crippen molar-refractivity contribution in [1.82, 2.24) is 10.6 Å². The highest BCUT2D eigenvalue weighted by atomic mass is 19.1. The summed E-state index contributed by atoms with van der Waals surface area (Å²) in [4.78, 5) is 22.7. The molecule has 0 aliphatic heterocycles. The van der Waals surface area contributed by atoms with E-state index in [1.54, 1.807) is 0 Å². The third-order valence-corrected chi connectivity index (χ3v) is 3.59. The number of benzene rings is 1. The van der Waals surface area contributed by atoms with Crippen LogP contribution in [-0.2, 0) is 11.2 Å². The summed E-state index contributed by atoms with van der Waals surface area (Å²) in [5.74, 6) is -2.39. The number of carbonyl (C=O) groups is 2. The van der Waals surface area contributed by atoms with Crippen molar-refractivity contribution in [3.8, 4) is 0 Å². The Morgan fingerprint density at radius 3 is 2.29 bits per heavy atom. The van der Waals surface area contributed by atoms with Crippen LogP contribution < -0.4 is 10.6 Å². The molecule has 1 fully saturated rings. The monoisotopic (exact) mass is 298 g/mol. The highest BCUT2D eigenvalue weighted by molar-refractivity contribution is 5.87. The van der Waals surface area contributed by atoms with Crippen LogP contribution in [0.4, 0.5) is 13.6 Å². The Morgan fingerprint density at radius 1 is 1.19 bits per heavy atom. The van der Waals surface area contributed by atoms with E-state index in [4.69, 9.17) is 5.11 Å². The Labute approximate surface area is 120 Å². The van der Waals surface area contributed by atoms with Crippen LogP contribution >= 0.6 is 0 Å². The molecule has 0 unspecified atom stereocenters. The molecule has 0 saturated heterocycles. The zero-order valence-corrected chi connectivity index (χ0v) is 11.3. The average Bonchev–Trinajstić information content (AvgIpc) is 2.32. The first-order valence-electron chi connectivity index (χ1n) is 6.66. The summed E-state index contributed by atoms with van der Waals surface area (Å²) >= 11 is 0. The van der Waals surface area contributed by atoms with Crippen molar-refractivity contribution < 1.29 is 23.5 Å². The number of carboxylic acids is 1. The predicted octanol–water partition coefficient (Wildman–Crippen LogP) is 1.81. The van der Waals surface area contributed by atoms with Crippen molar-refractivity contribution in [3.63, 3.8) is 0 Å². The molecule has 0 spiro atoms. The molecule has 1 aliphatic rings. The van der Waals surface area contributed by atoms with E-state index in [-0.39, 0.29) is 13.0 Å². The lowest BCUT2D eigenvalue weighted by Gasteiger charge is -2.38. The minimum absolute atomic E-state index is 0.157. The van der Waals surface area contributed by atoms with E-state index in [9.17, 15) is 18.4 Å². The molecule has 2 rings (SSSR count). The topological polar surface area (TPSA) is 78.4 Å². The predicted molar refractivity (Wildman–Crippen MR) is 70.8 cm³/mol. The molecule has 0 bridgehead atoms. The van der Waals surface area contributed by atoms with Crippen LogP contribution in [0.3, 0.4) is 0 Å². The number of aliphatic carboxylic acids is 1. The fourth-order valence-electron chi connectivity index (χ4n) is 2.26. The van der Waals surface area contributed by atoms with E-state index in [2.05, 4.69) is 10.6 Å². The fourth-order valence-corrected chi connectivity index (χ4v) is 2.26. The van der Waals surface area contributed by atoms with Crippen LogP contribution in [0.15, 0.2) is 18.2 Å². The summed E-state index contributed by atoms with van der Waals surface area (Å²) in [5.41, 5.74) is -0.751. The van der Waals surface area contributed by atoms with Crippen LogP contribution in [-0.4, -0.2) is 29.2 Å². The van der Waals surface area contributed by atoms with E-state index in [1.807, 2.05) is 0 Å². The largest absolute Gasteiger partial charge is 0.480 e. The van der Waals surface area contributed by atoms with Gasteiger partial charge in [0.2, 0.25) is 0 Å². The van der Waals surface area contributed by atoms with Gasteiger partial charge in [-0.1, -0.05) is 0 Å². The Hall–Kier alpha value is -2.18. The first kappa shape index (κ1) is 15.2. The second-order valence-electron chi connectivity index (χ2n) is 5.15. The van der Waals surface area contributed by atoms with Crippen molar-refractivity contribution in [2.24, 2.45) is 0 Å². The normalized spacial score (nSPS) is 15.9. The van der Waals surface area contributed by atoms with Gasteiger partial charge in [-0.2, -0.15) is 0 Å². The molecule has 21 heavy (non-hydrogen) atoms. The molecule has 0 atom stereocenters. The molecule has 5 nitrogen and oxygen atoms in total. The number of hydrogen-bond acceptors (Lipinski definition) is 2. The number of urea groups is 1. The SMILES string of the molecule is O=C(NCCc1cc(F)cc(F)c1)NC1(C(=O)O)CCC1. The van der Waals surface area contributed by atoms with Gasteiger partial charge in [0.25, 0.3) is 0 Å². The van der Waals surface area contributed by atoms with E-state index in [0.29, 0.717) is 18.4 Å². The van der Waals surface area contributed by atoms with Crippen molar-refractivity contribution in [1.29, 1.82) is 0 Å². The second-order valence-corrected chi connectivity index (χ2v) is 5.15. The van der Waals surface area contributed by atoms with Gasteiger partial charge in [-0.25, -0.2) is 18.4 Å². The maximum atomic E-state index is 13.0. The van der Waals surface area contributed by atoms with Crippen molar-refractivity contribution >= 4 is 12.0 Å². The minimum Gasteiger partial charge on any atom is -0.480 e. The van der Waals surface area contributed by atoms with Crippen LogP contribution in [0.25, 0.3) is 0 Å². The lowest BCUT2D eigenvalue weighted by Crippen LogP contribution is -2.61. The van der Waals surface area contributed by atoms with Crippen molar-refractivity contribution in [2.75, 3.05) is 6.54 Å². The number of amides is 2. The lowest BCUT2D eigenvalue weighted by molar-refractivity contribution is -0.148. The molecule has 0 heterocycles. The number of carboxylic acid groups (broad SMARTS) is 1. The maximum absolute atomic E-state index is 13.0.